The molecule has 1 rings (SSSR count). The SMILES string of the molecule is CCc1ccc(OCCC(C)(C#N)NC(C)C)cc1. The van der Waals surface area contributed by atoms with Gasteiger partial charge in [-0.15, -0.1) is 0 Å². The van der Waals surface area contributed by atoms with Crippen LogP contribution in [0.25, 0.3) is 0 Å². The second kappa shape index (κ2) is 7.16. The number of nitrogens with one attached hydrogen (secondary N) is 1. The molecule has 1 aromatic rings. The highest BCUT2D eigenvalue weighted by Crippen LogP contribution is 2.15. The molecular weight excluding hydrogens is 236 g/mol. The Labute approximate surface area is 116 Å². The minimum Gasteiger partial charge on any atom is -0.493 e. The van der Waals surface area contributed by atoms with Crippen LogP contribution in [0, 0.1) is 11.3 Å². The van der Waals surface area contributed by atoms with Gasteiger partial charge in [0.25, 0.3) is 0 Å². The summed E-state index contributed by atoms with van der Waals surface area (Å²) in [5.41, 5.74) is 0.771. The van der Waals surface area contributed by atoms with Crippen molar-refractivity contribution in [3.63, 3.8) is 0 Å². The van der Waals surface area contributed by atoms with Crippen LogP contribution in [-0.4, -0.2) is 18.2 Å². The first kappa shape index (κ1) is 15.5. The van der Waals surface area contributed by atoms with Gasteiger partial charge in [-0.25, -0.2) is 0 Å². The van der Waals surface area contributed by atoms with Crippen LogP contribution in [0.15, 0.2) is 24.3 Å². The second-order valence-electron chi connectivity index (χ2n) is 5.34. The van der Waals surface area contributed by atoms with Crippen LogP contribution < -0.4 is 10.1 Å². The van der Waals surface area contributed by atoms with E-state index >= 15 is 0 Å². The highest BCUT2D eigenvalue weighted by molar-refractivity contribution is 5.27. The number of nitriles is 1. The lowest BCUT2D eigenvalue weighted by atomic mass is 9.99. The fourth-order valence-electron chi connectivity index (χ4n) is 1.99. The van der Waals surface area contributed by atoms with E-state index in [1.165, 1.54) is 5.56 Å². The van der Waals surface area contributed by atoms with Crippen molar-refractivity contribution in [1.82, 2.24) is 5.32 Å². The van der Waals surface area contributed by atoms with Gasteiger partial charge in [0.2, 0.25) is 0 Å². The third-order valence-corrected chi connectivity index (χ3v) is 3.06. The molecule has 0 saturated heterocycles. The largest absolute Gasteiger partial charge is 0.493 e. The summed E-state index contributed by atoms with van der Waals surface area (Å²) in [6.45, 7) is 8.66. The van der Waals surface area contributed by atoms with Crippen molar-refractivity contribution in [3.05, 3.63) is 29.8 Å². The maximum atomic E-state index is 9.23. The monoisotopic (exact) mass is 260 g/mol. The molecule has 19 heavy (non-hydrogen) atoms. The molecule has 0 heterocycles. The molecule has 0 amide bonds. The summed E-state index contributed by atoms with van der Waals surface area (Å²) >= 11 is 0. The molecule has 1 atom stereocenters. The molecule has 0 aromatic heterocycles. The van der Waals surface area contributed by atoms with Crippen molar-refractivity contribution in [2.45, 2.75) is 52.1 Å². The Hall–Kier alpha value is -1.53. The lowest BCUT2D eigenvalue weighted by Gasteiger charge is -2.25. The highest BCUT2D eigenvalue weighted by atomic mass is 16.5. The maximum Gasteiger partial charge on any atom is 0.119 e. The Morgan fingerprint density at radius 3 is 2.42 bits per heavy atom. The van der Waals surface area contributed by atoms with E-state index in [0.717, 1.165) is 12.2 Å². The van der Waals surface area contributed by atoms with E-state index < -0.39 is 5.54 Å². The van der Waals surface area contributed by atoms with Crippen LogP contribution in [0.5, 0.6) is 5.75 Å². The Morgan fingerprint density at radius 2 is 1.95 bits per heavy atom. The molecule has 3 nitrogen and oxygen atoms in total. The predicted octanol–water partition coefficient (Wildman–Crippen LogP) is 3.30. The van der Waals surface area contributed by atoms with Crippen molar-refractivity contribution >= 4 is 0 Å². The summed E-state index contributed by atoms with van der Waals surface area (Å²) in [6, 6.07) is 10.7. The van der Waals surface area contributed by atoms with Gasteiger partial charge in [0, 0.05) is 12.5 Å². The van der Waals surface area contributed by atoms with E-state index in [4.69, 9.17) is 4.74 Å². The van der Waals surface area contributed by atoms with Gasteiger partial charge in [0.1, 0.15) is 11.3 Å². The summed E-state index contributed by atoms with van der Waals surface area (Å²) in [7, 11) is 0. The molecule has 0 aliphatic heterocycles. The van der Waals surface area contributed by atoms with Crippen LogP contribution in [0.1, 0.15) is 39.7 Å². The third-order valence-electron chi connectivity index (χ3n) is 3.06. The summed E-state index contributed by atoms with van der Waals surface area (Å²) in [6.07, 6.45) is 1.70. The molecule has 3 heteroatoms. The number of aryl methyl sites for hydroxylation is 1. The Kier molecular flexibility index (Phi) is 5.85. The second-order valence-corrected chi connectivity index (χ2v) is 5.34. The van der Waals surface area contributed by atoms with Crippen LogP contribution >= 0.6 is 0 Å². The Balaban J connectivity index is 2.46. The first-order valence-corrected chi connectivity index (χ1v) is 6.90. The van der Waals surface area contributed by atoms with E-state index in [9.17, 15) is 5.26 Å². The van der Waals surface area contributed by atoms with Crippen molar-refractivity contribution in [3.8, 4) is 11.8 Å². The van der Waals surface area contributed by atoms with Crippen LogP contribution in [0.3, 0.4) is 0 Å². The average Bonchev–Trinajstić information content (AvgIpc) is 2.38. The molecule has 0 saturated carbocycles. The van der Waals surface area contributed by atoms with E-state index in [1.807, 2.05) is 32.9 Å². The van der Waals surface area contributed by atoms with E-state index in [0.29, 0.717) is 13.0 Å². The first-order chi connectivity index (χ1) is 8.99. The molecule has 1 aromatic carbocycles. The lowest BCUT2D eigenvalue weighted by Crippen LogP contribution is -2.45. The molecule has 0 aliphatic carbocycles. The van der Waals surface area contributed by atoms with Crippen LogP contribution in [-0.2, 0) is 6.42 Å². The molecule has 1 unspecified atom stereocenters. The minimum atomic E-state index is -0.530. The van der Waals surface area contributed by atoms with Gasteiger partial charge in [-0.3, -0.25) is 5.32 Å². The topological polar surface area (TPSA) is 45.0 Å². The molecular formula is C16H24N2O. The van der Waals surface area contributed by atoms with Gasteiger partial charge in [-0.05, 0) is 44.9 Å². The molecule has 0 aliphatic rings. The zero-order valence-electron chi connectivity index (χ0n) is 12.4. The Bertz CT molecular complexity index is 419. The zero-order valence-corrected chi connectivity index (χ0v) is 12.4. The third kappa shape index (κ3) is 5.32. The standard InChI is InChI=1S/C16H24N2O/c1-5-14-6-8-15(9-7-14)19-11-10-16(4,12-17)18-13(2)3/h6-9,13,18H,5,10-11H2,1-4H3. The fourth-order valence-corrected chi connectivity index (χ4v) is 1.99. The predicted molar refractivity (Wildman–Crippen MR) is 78.2 cm³/mol. The van der Waals surface area contributed by atoms with Gasteiger partial charge >= 0.3 is 0 Å². The number of rotatable bonds is 7. The Morgan fingerprint density at radius 1 is 1.32 bits per heavy atom. The first-order valence-electron chi connectivity index (χ1n) is 6.90. The summed E-state index contributed by atoms with van der Waals surface area (Å²) in [4.78, 5) is 0. The maximum absolute atomic E-state index is 9.23. The van der Waals surface area contributed by atoms with E-state index in [2.05, 4.69) is 30.4 Å². The van der Waals surface area contributed by atoms with Crippen molar-refractivity contribution in [1.29, 1.82) is 5.26 Å². The molecule has 104 valence electrons. The summed E-state index contributed by atoms with van der Waals surface area (Å²) < 4.78 is 5.69. The number of hydrogen-bond acceptors (Lipinski definition) is 3. The van der Waals surface area contributed by atoms with Gasteiger partial charge in [-0.1, -0.05) is 19.1 Å². The molecule has 1 N–H and O–H groups in total. The molecule has 0 radical (unpaired) electrons. The molecule has 0 fully saturated rings. The normalized spacial score (nSPS) is 13.9. The lowest BCUT2D eigenvalue weighted by molar-refractivity contribution is 0.260. The van der Waals surface area contributed by atoms with Crippen molar-refractivity contribution in [2.75, 3.05) is 6.61 Å². The molecule has 0 spiro atoms. The number of ether oxygens (including phenoxy) is 1. The zero-order chi connectivity index (χ0) is 14.3. The highest BCUT2D eigenvalue weighted by Gasteiger charge is 2.24. The van der Waals surface area contributed by atoms with Crippen LogP contribution in [0.2, 0.25) is 0 Å². The van der Waals surface area contributed by atoms with Gasteiger partial charge in [0.15, 0.2) is 0 Å². The van der Waals surface area contributed by atoms with E-state index in [-0.39, 0.29) is 6.04 Å². The summed E-state index contributed by atoms with van der Waals surface area (Å²) in [5.74, 6) is 0.863. The number of hydrogen-bond donors (Lipinski definition) is 1. The smallest absolute Gasteiger partial charge is 0.119 e. The number of nitrogens with zero attached hydrogens (tertiary/aromatic N) is 1. The van der Waals surface area contributed by atoms with Crippen molar-refractivity contribution in [2.24, 2.45) is 0 Å². The van der Waals surface area contributed by atoms with Gasteiger partial charge in [-0.2, -0.15) is 5.26 Å². The summed E-state index contributed by atoms with van der Waals surface area (Å²) in [5, 5.41) is 12.5. The van der Waals surface area contributed by atoms with E-state index in [1.54, 1.807) is 0 Å². The van der Waals surface area contributed by atoms with Gasteiger partial charge in [0.05, 0.1) is 12.7 Å². The minimum absolute atomic E-state index is 0.286. The fraction of sp³-hybridized carbons (Fsp3) is 0.562. The van der Waals surface area contributed by atoms with Gasteiger partial charge < -0.3 is 4.74 Å². The van der Waals surface area contributed by atoms with Crippen LogP contribution in [0.4, 0.5) is 0 Å². The van der Waals surface area contributed by atoms with Crippen molar-refractivity contribution < 1.29 is 4.74 Å². The number of benzene rings is 1. The molecule has 0 bridgehead atoms. The average molecular weight is 260 g/mol. The quantitative estimate of drug-likeness (QED) is 0.818.